The normalized spacial score (nSPS) is 12.9. The van der Waals surface area contributed by atoms with Gasteiger partial charge in [-0.2, -0.15) is 0 Å². The summed E-state index contributed by atoms with van der Waals surface area (Å²) in [6.07, 6.45) is -0.585. The Bertz CT molecular complexity index is 460. The van der Waals surface area contributed by atoms with Crippen molar-refractivity contribution in [3.8, 4) is 0 Å². The molecule has 0 aliphatic rings. The fraction of sp³-hybridized carbons (Fsp3) is 0.462. The second kappa shape index (κ2) is 6.59. The van der Waals surface area contributed by atoms with E-state index in [-0.39, 0.29) is 6.61 Å². The number of amides is 1. The average molecular weight is 351 g/mol. The van der Waals surface area contributed by atoms with Crippen LogP contribution in [-0.4, -0.2) is 23.4 Å². The molecule has 0 heterocycles. The molecule has 0 fully saturated rings. The van der Waals surface area contributed by atoms with Crippen molar-refractivity contribution in [2.24, 2.45) is 0 Å². The summed E-state index contributed by atoms with van der Waals surface area (Å²) >= 11 is 9.28. The smallest absolute Gasteiger partial charge is 0.408 e. The van der Waals surface area contributed by atoms with Crippen LogP contribution in [0.25, 0.3) is 0 Å². The van der Waals surface area contributed by atoms with Crippen molar-refractivity contribution < 1.29 is 14.6 Å². The van der Waals surface area contributed by atoms with Crippen LogP contribution in [0.2, 0.25) is 5.02 Å². The van der Waals surface area contributed by atoms with Gasteiger partial charge in [0.2, 0.25) is 0 Å². The van der Waals surface area contributed by atoms with Gasteiger partial charge in [-0.3, -0.25) is 0 Å². The topological polar surface area (TPSA) is 58.6 Å². The van der Waals surface area contributed by atoms with Gasteiger partial charge in [-0.05, 0) is 44.5 Å². The number of benzene rings is 1. The Morgan fingerprint density at radius 1 is 1.53 bits per heavy atom. The van der Waals surface area contributed by atoms with Gasteiger partial charge in [-0.15, -0.1) is 0 Å². The van der Waals surface area contributed by atoms with Crippen molar-refractivity contribution in [2.45, 2.75) is 32.4 Å². The second-order valence-corrected chi connectivity index (χ2v) is 6.34. The number of hydrogen-bond donors (Lipinski definition) is 2. The maximum absolute atomic E-state index is 11.7. The Labute approximate surface area is 126 Å². The van der Waals surface area contributed by atoms with E-state index in [0.29, 0.717) is 10.6 Å². The predicted molar refractivity (Wildman–Crippen MR) is 78.3 cm³/mol. The summed E-state index contributed by atoms with van der Waals surface area (Å²) in [7, 11) is 0. The average Bonchev–Trinajstić information content (AvgIpc) is 2.27. The highest BCUT2D eigenvalue weighted by atomic mass is 79.9. The van der Waals surface area contributed by atoms with Crippen molar-refractivity contribution >= 4 is 33.6 Å². The van der Waals surface area contributed by atoms with Crippen molar-refractivity contribution in [2.75, 3.05) is 6.61 Å². The van der Waals surface area contributed by atoms with Gasteiger partial charge in [0.05, 0.1) is 12.6 Å². The molecule has 1 aromatic carbocycles. The molecule has 0 aliphatic heterocycles. The lowest BCUT2D eigenvalue weighted by Crippen LogP contribution is -2.36. The predicted octanol–water partition coefficient (Wildman–Crippen LogP) is 3.66. The minimum absolute atomic E-state index is 0.252. The monoisotopic (exact) mass is 349 g/mol. The molecule has 1 aromatic rings. The summed E-state index contributed by atoms with van der Waals surface area (Å²) in [4.78, 5) is 11.7. The van der Waals surface area contributed by atoms with Crippen molar-refractivity contribution in [3.63, 3.8) is 0 Å². The van der Waals surface area contributed by atoms with Crippen LogP contribution in [0.15, 0.2) is 22.7 Å². The van der Waals surface area contributed by atoms with Crippen LogP contribution in [0.1, 0.15) is 32.4 Å². The molecule has 1 unspecified atom stereocenters. The van der Waals surface area contributed by atoms with Crippen molar-refractivity contribution in [1.82, 2.24) is 5.32 Å². The number of carbonyl (C=O) groups is 1. The summed E-state index contributed by atoms with van der Waals surface area (Å²) < 4.78 is 5.91. The largest absolute Gasteiger partial charge is 0.444 e. The van der Waals surface area contributed by atoms with E-state index in [1.54, 1.807) is 39.0 Å². The van der Waals surface area contributed by atoms with Gasteiger partial charge in [-0.25, -0.2) is 4.79 Å². The molecule has 4 nitrogen and oxygen atoms in total. The van der Waals surface area contributed by atoms with Gasteiger partial charge in [-0.1, -0.05) is 27.5 Å². The van der Waals surface area contributed by atoms with Crippen LogP contribution >= 0.6 is 27.5 Å². The molecule has 106 valence electrons. The number of aliphatic hydroxyl groups excluding tert-OH is 1. The summed E-state index contributed by atoms with van der Waals surface area (Å²) in [6, 6.07) is 4.58. The van der Waals surface area contributed by atoms with Gasteiger partial charge in [0.25, 0.3) is 0 Å². The lowest BCUT2D eigenvalue weighted by Gasteiger charge is -2.23. The maximum Gasteiger partial charge on any atom is 0.408 e. The van der Waals surface area contributed by atoms with E-state index >= 15 is 0 Å². The fourth-order valence-corrected chi connectivity index (χ4v) is 2.16. The zero-order valence-corrected chi connectivity index (χ0v) is 13.4. The van der Waals surface area contributed by atoms with E-state index < -0.39 is 17.7 Å². The zero-order valence-electron chi connectivity index (χ0n) is 11.0. The van der Waals surface area contributed by atoms with Gasteiger partial charge >= 0.3 is 6.09 Å². The highest BCUT2D eigenvalue weighted by molar-refractivity contribution is 9.10. The van der Waals surface area contributed by atoms with Gasteiger partial charge in [0.1, 0.15) is 5.60 Å². The molecule has 19 heavy (non-hydrogen) atoms. The number of hydrogen-bond acceptors (Lipinski definition) is 3. The molecule has 0 bridgehead atoms. The quantitative estimate of drug-likeness (QED) is 0.874. The first-order valence-corrected chi connectivity index (χ1v) is 6.95. The molecule has 1 amide bonds. The molecule has 1 atom stereocenters. The number of ether oxygens (including phenoxy) is 1. The van der Waals surface area contributed by atoms with Crippen LogP contribution in [0.4, 0.5) is 4.79 Å². The number of alkyl carbamates (subject to hydrolysis) is 1. The standard InChI is InChI=1S/C13H17BrClNO3/c1-13(2,3)19-12(18)16-11(7-17)9-6-8(15)4-5-10(9)14/h4-6,11,17H,7H2,1-3H3,(H,16,18). The number of nitrogens with one attached hydrogen (secondary N) is 1. The van der Waals surface area contributed by atoms with E-state index in [2.05, 4.69) is 21.2 Å². The molecule has 0 radical (unpaired) electrons. The third-order valence-corrected chi connectivity index (χ3v) is 3.16. The Balaban J connectivity index is 2.84. The van der Waals surface area contributed by atoms with E-state index in [9.17, 15) is 9.90 Å². The summed E-state index contributed by atoms with van der Waals surface area (Å²) in [6.45, 7) is 5.07. The second-order valence-electron chi connectivity index (χ2n) is 5.05. The molecule has 0 spiro atoms. The number of carbonyl (C=O) groups excluding carboxylic acids is 1. The third-order valence-electron chi connectivity index (χ3n) is 2.21. The van der Waals surface area contributed by atoms with Crippen LogP contribution in [0, 0.1) is 0 Å². The lowest BCUT2D eigenvalue weighted by atomic mass is 10.1. The third kappa shape index (κ3) is 5.38. The van der Waals surface area contributed by atoms with Crippen LogP contribution < -0.4 is 5.32 Å². The van der Waals surface area contributed by atoms with E-state index in [1.165, 1.54) is 0 Å². The molecule has 6 heteroatoms. The molecule has 2 N–H and O–H groups in total. The van der Waals surface area contributed by atoms with Gasteiger partial charge in [0, 0.05) is 9.50 Å². The van der Waals surface area contributed by atoms with E-state index in [0.717, 1.165) is 4.47 Å². The van der Waals surface area contributed by atoms with Crippen LogP contribution in [0.5, 0.6) is 0 Å². The lowest BCUT2D eigenvalue weighted by molar-refractivity contribution is 0.0481. The maximum atomic E-state index is 11.7. The molecular weight excluding hydrogens is 334 g/mol. The highest BCUT2D eigenvalue weighted by Gasteiger charge is 2.21. The first-order chi connectivity index (χ1) is 8.73. The minimum atomic E-state index is -0.588. The number of aliphatic hydroxyl groups is 1. The Kier molecular flexibility index (Phi) is 5.64. The summed E-state index contributed by atoms with van der Waals surface area (Å²) in [5, 5.41) is 12.5. The minimum Gasteiger partial charge on any atom is -0.444 e. The number of rotatable bonds is 3. The Morgan fingerprint density at radius 2 is 2.16 bits per heavy atom. The molecule has 0 saturated heterocycles. The highest BCUT2D eigenvalue weighted by Crippen LogP contribution is 2.26. The van der Waals surface area contributed by atoms with Crippen molar-refractivity contribution in [1.29, 1.82) is 0 Å². The molecular formula is C13H17BrClNO3. The number of halogens is 2. The van der Waals surface area contributed by atoms with Crippen LogP contribution in [-0.2, 0) is 4.74 Å². The van der Waals surface area contributed by atoms with Gasteiger partial charge in [0.15, 0.2) is 0 Å². The summed E-state index contributed by atoms with van der Waals surface area (Å²) in [5.41, 5.74) is 0.108. The van der Waals surface area contributed by atoms with E-state index in [4.69, 9.17) is 16.3 Å². The molecule has 0 aliphatic carbocycles. The fourth-order valence-electron chi connectivity index (χ4n) is 1.45. The molecule has 1 rings (SSSR count). The van der Waals surface area contributed by atoms with Crippen molar-refractivity contribution in [3.05, 3.63) is 33.3 Å². The summed E-state index contributed by atoms with van der Waals surface area (Å²) in [5.74, 6) is 0. The zero-order chi connectivity index (χ0) is 14.6. The van der Waals surface area contributed by atoms with E-state index in [1.807, 2.05) is 0 Å². The SMILES string of the molecule is CC(C)(C)OC(=O)NC(CO)c1cc(Cl)ccc1Br. The Morgan fingerprint density at radius 3 is 2.68 bits per heavy atom. The molecule has 0 aromatic heterocycles. The Hall–Kier alpha value is -0.780. The first kappa shape index (κ1) is 16.3. The molecule has 0 saturated carbocycles. The van der Waals surface area contributed by atoms with Crippen LogP contribution in [0.3, 0.4) is 0 Å². The first-order valence-electron chi connectivity index (χ1n) is 5.78. The van der Waals surface area contributed by atoms with Gasteiger partial charge < -0.3 is 15.2 Å².